The van der Waals surface area contributed by atoms with Crippen molar-refractivity contribution >= 4 is 34.6 Å². The highest BCUT2D eigenvalue weighted by Gasteiger charge is 2.42. The summed E-state index contributed by atoms with van der Waals surface area (Å²) in [5.41, 5.74) is 3.86. The van der Waals surface area contributed by atoms with Crippen molar-refractivity contribution < 1.29 is 9.47 Å². The fourth-order valence-electron chi connectivity index (χ4n) is 4.46. The van der Waals surface area contributed by atoms with E-state index in [4.69, 9.17) is 33.3 Å². The van der Waals surface area contributed by atoms with Crippen LogP contribution < -0.4 is 19.7 Å². The molecule has 4 heterocycles. The number of aromatic nitrogens is 2. The van der Waals surface area contributed by atoms with E-state index in [1.54, 1.807) is 6.20 Å². The number of hydrogen-bond donors (Lipinski definition) is 1. The van der Waals surface area contributed by atoms with Crippen molar-refractivity contribution in [2.75, 3.05) is 11.7 Å². The van der Waals surface area contributed by atoms with Crippen molar-refractivity contribution in [3.8, 4) is 17.2 Å². The van der Waals surface area contributed by atoms with Gasteiger partial charge in [-0.05, 0) is 66.8 Å². The zero-order chi connectivity index (χ0) is 22.4. The van der Waals surface area contributed by atoms with Gasteiger partial charge in [-0.3, -0.25) is 4.98 Å². The van der Waals surface area contributed by atoms with Crippen LogP contribution in [0.1, 0.15) is 23.5 Å². The summed E-state index contributed by atoms with van der Waals surface area (Å²) in [6, 6.07) is 23.4. The van der Waals surface area contributed by atoms with Crippen molar-refractivity contribution in [2.45, 2.75) is 12.1 Å². The van der Waals surface area contributed by atoms with Crippen LogP contribution in [-0.2, 0) is 0 Å². The number of fused-ring (bicyclic) bond motifs is 1. The van der Waals surface area contributed by atoms with Crippen molar-refractivity contribution in [3.05, 3.63) is 102 Å². The molecule has 1 saturated heterocycles. The Kier molecular flexibility index (Phi) is 4.93. The van der Waals surface area contributed by atoms with Gasteiger partial charge in [0.1, 0.15) is 6.04 Å². The molecule has 0 unspecified atom stereocenters. The second kappa shape index (κ2) is 8.10. The molecule has 6 rings (SSSR count). The Morgan fingerprint density at radius 1 is 0.939 bits per heavy atom. The number of rotatable bonds is 4. The zero-order valence-corrected chi connectivity index (χ0v) is 19.0. The van der Waals surface area contributed by atoms with Gasteiger partial charge in [0.2, 0.25) is 6.79 Å². The lowest BCUT2D eigenvalue weighted by molar-refractivity contribution is 0.174. The standard InChI is InChI=1S/C25H19ClN4O2S/c26-16-5-3-6-17(13-16)29-12-4-8-20(29)24-23(19-7-1-2-11-27-19)28-25(33)30(24)18-9-10-21-22(14-18)32-15-31-21/h1-14,23-24H,15H2,(H,28,33)/t23-,24-/m0/s1. The monoisotopic (exact) mass is 474 g/mol. The van der Waals surface area contributed by atoms with Crippen LogP contribution in [0.25, 0.3) is 5.69 Å². The summed E-state index contributed by atoms with van der Waals surface area (Å²) in [7, 11) is 0. The molecule has 0 bridgehead atoms. The molecule has 0 aliphatic carbocycles. The third-order valence-corrected chi connectivity index (χ3v) is 6.45. The van der Waals surface area contributed by atoms with Gasteiger partial charge in [-0.15, -0.1) is 0 Å². The number of halogens is 1. The summed E-state index contributed by atoms with van der Waals surface area (Å²) in [6.07, 6.45) is 3.84. The van der Waals surface area contributed by atoms with Crippen molar-refractivity contribution in [1.29, 1.82) is 0 Å². The topological polar surface area (TPSA) is 51.6 Å². The van der Waals surface area contributed by atoms with Crippen molar-refractivity contribution in [3.63, 3.8) is 0 Å². The van der Waals surface area contributed by atoms with E-state index in [9.17, 15) is 0 Å². The van der Waals surface area contributed by atoms with Crippen LogP contribution in [0, 0.1) is 0 Å². The minimum Gasteiger partial charge on any atom is -0.454 e. The van der Waals surface area contributed by atoms with Gasteiger partial charge in [-0.25, -0.2) is 0 Å². The number of ether oxygens (including phenoxy) is 2. The first-order valence-corrected chi connectivity index (χ1v) is 11.3. The third kappa shape index (κ3) is 3.50. The summed E-state index contributed by atoms with van der Waals surface area (Å²) in [6.45, 7) is 0.221. The largest absolute Gasteiger partial charge is 0.454 e. The van der Waals surface area contributed by atoms with Gasteiger partial charge in [-0.2, -0.15) is 0 Å². The van der Waals surface area contributed by atoms with Crippen LogP contribution >= 0.6 is 23.8 Å². The molecule has 6 nitrogen and oxygen atoms in total. The van der Waals surface area contributed by atoms with Gasteiger partial charge in [0.05, 0.1) is 11.7 Å². The minimum absolute atomic E-state index is 0.156. The lowest BCUT2D eigenvalue weighted by Gasteiger charge is -2.29. The molecule has 2 atom stereocenters. The summed E-state index contributed by atoms with van der Waals surface area (Å²) >= 11 is 12.2. The van der Waals surface area contributed by atoms with E-state index in [-0.39, 0.29) is 18.9 Å². The fraction of sp³-hybridized carbons (Fsp3) is 0.120. The van der Waals surface area contributed by atoms with E-state index in [2.05, 4.69) is 25.8 Å². The third-order valence-electron chi connectivity index (χ3n) is 5.90. The second-order valence-electron chi connectivity index (χ2n) is 7.82. The predicted octanol–water partition coefficient (Wildman–Crippen LogP) is 5.43. The number of anilines is 1. The molecule has 2 aromatic heterocycles. The number of thiocarbonyl (C=S) groups is 1. The maximum atomic E-state index is 6.31. The van der Waals surface area contributed by atoms with Crippen LogP contribution in [-0.4, -0.2) is 21.5 Å². The number of nitrogens with one attached hydrogen (secondary N) is 1. The first-order valence-electron chi connectivity index (χ1n) is 10.5. The maximum absolute atomic E-state index is 6.31. The molecule has 0 saturated carbocycles. The quantitative estimate of drug-likeness (QED) is 0.398. The van der Waals surface area contributed by atoms with Crippen LogP contribution in [0.4, 0.5) is 5.69 Å². The molecule has 164 valence electrons. The molecule has 1 fully saturated rings. The predicted molar refractivity (Wildman–Crippen MR) is 131 cm³/mol. The highest BCUT2D eigenvalue weighted by molar-refractivity contribution is 7.80. The van der Waals surface area contributed by atoms with Gasteiger partial charge in [-0.1, -0.05) is 23.7 Å². The summed E-state index contributed by atoms with van der Waals surface area (Å²) in [5.74, 6) is 1.44. The van der Waals surface area contributed by atoms with Gasteiger partial charge >= 0.3 is 0 Å². The van der Waals surface area contributed by atoms with Gasteiger partial charge in [0, 0.05) is 40.6 Å². The SMILES string of the molecule is S=C1N[C@@H](c2ccccn2)[C@H](c2cccn2-c2cccc(Cl)c2)N1c1ccc2c(c1)OCO2. The molecule has 8 heteroatoms. The van der Waals surface area contributed by atoms with E-state index in [1.807, 2.05) is 72.9 Å². The normalized spacial score (nSPS) is 19.1. The molecule has 2 aliphatic heterocycles. The molecular formula is C25H19ClN4O2S. The van der Waals surface area contributed by atoms with E-state index < -0.39 is 0 Å². The average Bonchev–Trinajstić information content (AvgIpc) is 3.57. The molecule has 4 aromatic rings. The molecule has 0 spiro atoms. The molecule has 2 aromatic carbocycles. The zero-order valence-electron chi connectivity index (χ0n) is 17.4. The van der Waals surface area contributed by atoms with Crippen LogP contribution in [0.2, 0.25) is 5.02 Å². The van der Waals surface area contributed by atoms with Gasteiger partial charge in [0.25, 0.3) is 0 Å². The molecular weight excluding hydrogens is 456 g/mol. The maximum Gasteiger partial charge on any atom is 0.231 e. The molecule has 0 radical (unpaired) electrons. The van der Waals surface area contributed by atoms with E-state index in [0.29, 0.717) is 15.9 Å². The lowest BCUT2D eigenvalue weighted by Crippen LogP contribution is -2.30. The highest BCUT2D eigenvalue weighted by Crippen LogP contribution is 2.44. The first kappa shape index (κ1) is 20.1. The Hall–Kier alpha value is -3.55. The molecule has 1 N–H and O–H groups in total. The van der Waals surface area contributed by atoms with Crippen LogP contribution in [0.3, 0.4) is 0 Å². The number of benzene rings is 2. The summed E-state index contributed by atoms with van der Waals surface area (Å²) in [5, 5.41) is 4.80. The Morgan fingerprint density at radius 3 is 2.70 bits per heavy atom. The van der Waals surface area contributed by atoms with Crippen LogP contribution in [0.15, 0.2) is 85.2 Å². The van der Waals surface area contributed by atoms with Crippen LogP contribution in [0.5, 0.6) is 11.5 Å². The second-order valence-corrected chi connectivity index (χ2v) is 8.64. The Balaban J connectivity index is 1.51. The Bertz CT molecular complexity index is 1340. The van der Waals surface area contributed by atoms with E-state index >= 15 is 0 Å². The average molecular weight is 475 g/mol. The van der Waals surface area contributed by atoms with Crippen molar-refractivity contribution in [1.82, 2.24) is 14.9 Å². The summed E-state index contributed by atoms with van der Waals surface area (Å²) < 4.78 is 13.3. The fourth-order valence-corrected chi connectivity index (χ4v) is 5.00. The first-order chi connectivity index (χ1) is 16.2. The molecule has 33 heavy (non-hydrogen) atoms. The Labute approximate surface area is 201 Å². The summed E-state index contributed by atoms with van der Waals surface area (Å²) in [4.78, 5) is 6.75. The van der Waals surface area contributed by atoms with E-state index in [1.165, 1.54) is 0 Å². The lowest BCUT2D eigenvalue weighted by atomic mass is 10.0. The minimum atomic E-state index is -0.165. The molecule has 2 aliphatic rings. The highest BCUT2D eigenvalue weighted by atomic mass is 35.5. The Morgan fingerprint density at radius 2 is 1.85 bits per heavy atom. The van der Waals surface area contributed by atoms with Gasteiger partial charge in [0.15, 0.2) is 16.6 Å². The smallest absolute Gasteiger partial charge is 0.231 e. The van der Waals surface area contributed by atoms with Crippen molar-refractivity contribution in [2.24, 2.45) is 0 Å². The number of pyridine rings is 1. The molecule has 0 amide bonds. The van der Waals surface area contributed by atoms with E-state index in [0.717, 1.165) is 28.5 Å². The van der Waals surface area contributed by atoms with Gasteiger partial charge < -0.3 is 24.3 Å². The number of hydrogen-bond acceptors (Lipinski definition) is 4. The number of nitrogens with zero attached hydrogens (tertiary/aromatic N) is 3.